The number of anilines is 1. The molecule has 0 fully saturated rings. The molecule has 3 aromatic rings. The molecule has 0 saturated heterocycles. The number of guanidine groups is 1. The molecule has 0 radical (unpaired) electrons. The first-order chi connectivity index (χ1) is 14.5. The first-order valence-corrected chi connectivity index (χ1v) is 9.33. The van der Waals surface area contributed by atoms with Gasteiger partial charge in [0.2, 0.25) is 5.96 Å². The Morgan fingerprint density at radius 2 is 1.80 bits per heavy atom. The van der Waals surface area contributed by atoms with Crippen molar-refractivity contribution < 1.29 is 14.3 Å². The molecule has 0 spiro atoms. The van der Waals surface area contributed by atoms with Gasteiger partial charge in [-0.25, -0.2) is 9.79 Å². The average molecular weight is 402 g/mol. The van der Waals surface area contributed by atoms with Crippen molar-refractivity contribution in [1.29, 1.82) is 0 Å². The van der Waals surface area contributed by atoms with Gasteiger partial charge in [0, 0.05) is 17.4 Å². The lowest BCUT2D eigenvalue weighted by Crippen LogP contribution is -2.36. The van der Waals surface area contributed by atoms with Crippen LogP contribution >= 0.6 is 0 Å². The number of ether oxygens (including phenoxy) is 1. The molecule has 152 valence electrons. The molecule has 0 saturated carbocycles. The lowest BCUT2D eigenvalue weighted by atomic mass is 10.1. The van der Waals surface area contributed by atoms with Crippen molar-refractivity contribution in [2.24, 2.45) is 4.99 Å². The Bertz CT molecular complexity index is 1050. The van der Waals surface area contributed by atoms with Crippen molar-refractivity contribution >= 4 is 23.5 Å². The van der Waals surface area contributed by atoms with E-state index in [-0.39, 0.29) is 18.4 Å². The Morgan fingerprint density at radius 3 is 2.50 bits per heavy atom. The van der Waals surface area contributed by atoms with Gasteiger partial charge in [-0.2, -0.15) is 0 Å². The first-order valence-electron chi connectivity index (χ1n) is 9.33. The quantitative estimate of drug-likeness (QED) is 0.387. The Balaban J connectivity index is 1.82. The lowest BCUT2D eigenvalue weighted by Gasteiger charge is -2.13. The first kappa shape index (κ1) is 20.7. The number of pyridine rings is 1. The fraction of sp³-hybridized carbons (Fsp3) is 0.130. The smallest absolute Gasteiger partial charge is 0.337 e. The van der Waals surface area contributed by atoms with Crippen molar-refractivity contribution in [2.75, 3.05) is 12.4 Å². The fourth-order valence-electron chi connectivity index (χ4n) is 2.63. The van der Waals surface area contributed by atoms with Crippen LogP contribution in [0.4, 0.5) is 5.69 Å². The third-order valence-corrected chi connectivity index (χ3v) is 4.22. The van der Waals surface area contributed by atoms with E-state index in [0.717, 1.165) is 11.3 Å². The second-order valence-electron chi connectivity index (χ2n) is 6.50. The summed E-state index contributed by atoms with van der Waals surface area (Å²) in [4.78, 5) is 33.2. The second kappa shape index (κ2) is 9.97. The molecule has 0 aliphatic rings. The van der Waals surface area contributed by atoms with Crippen LogP contribution in [0.15, 0.2) is 77.9 Å². The van der Waals surface area contributed by atoms with Crippen LogP contribution in [0.25, 0.3) is 0 Å². The number of hydrogen-bond donors (Lipinski definition) is 2. The summed E-state index contributed by atoms with van der Waals surface area (Å²) in [5.41, 5.74) is 3.30. The fourth-order valence-corrected chi connectivity index (χ4v) is 2.63. The number of nitrogens with zero attached hydrogens (tertiary/aromatic N) is 2. The van der Waals surface area contributed by atoms with E-state index in [1.54, 1.807) is 42.6 Å². The third-order valence-electron chi connectivity index (χ3n) is 4.22. The van der Waals surface area contributed by atoms with Gasteiger partial charge in [-0.15, -0.1) is 0 Å². The Morgan fingerprint density at radius 1 is 1.00 bits per heavy atom. The highest BCUT2D eigenvalue weighted by Crippen LogP contribution is 2.12. The zero-order valence-electron chi connectivity index (χ0n) is 16.8. The van der Waals surface area contributed by atoms with Crippen LogP contribution in [0.1, 0.15) is 32.0 Å². The van der Waals surface area contributed by atoms with Gasteiger partial charge in [0.15, 0.2) is 0 Å². The predicted octanol–water partition coefficient (Wildman–Crippen LogP) is 3.57. The molecule has 0 aliphatic carbocycles. The number of methoxy groups -OCH3 is 1. The predicted molar refractivity (Wildman–Crippen MR) is 115 cm³/mol. The monoisotopic (exact) mass is 402 g/mol. The highest BCUT2D eigenvalue weighted by atomic mass is 16.5. The van der Waals surface area contributed by atoms with Gasteiger partial charge >= 0.3 is 5.97 Å². The van der Waals surface area contributed by atoms with Gasteiger partial charge in [-0.3, -0.25) is 15.1 Å². The summed E-state index contributed by atoms with van der Waals surface area (Å²) < 4.78 is 4.76. The number of hydrogen-bond acceptors (Lipinski definition) is 5. The molecule has 3 rings (SSSR count). The van der Waals surface area contributed by atoms with Crippen LogP contribution in [0.5, 0.6) is 0 Å². The van der Waals surface area contributed by atoms with Crippen LogP contribution in [0.2, 0.25) is 0 Å². The number of aryl methyl sites for hydroxylation is 1. The highest BCUT2D eigenvalue weighted by molar-refractivity contribution is 6.10. The number of carbonyl (C=O) groups is 2. The molecule has 7 nitrogen and oxygen atoms in total. The number of esters is 1. The van der Waals surface area contributed by atoms with E-state index in [4.69, 9.17) is 4.74 Å². The van der Waals surface area contributed by atoms with Crippen LogP contribution in [0.3, 0.4) is 0 Å². The second-order valence-corrected chi connectivity index (χ2v) is 6.50. The normalized spacial score (nSPS) is 10.9. The highest BCUT2D eigenvalue weighted by Gasteiger charge is 2.11. The van der Waals surface area contributed by atoms with E-state index in [2.05, 4.69) is 20.6 Å². The summed E-state index contributed by atoms with van der Waals surface area (Å²) >= 11 is 0. The van der Waals surface area contributed by atoms with E-state index >= 15 is 0 Å². The molecule has 0 atom stereocenters. The molecular formula is C23H22N4O3. The van der Waals surface area contributed by atoms with Gasteiger partial charge in [-0.05, 0) is 49.4 Å². The summed E-state index contributed by atoms with van der Waals surface area (Å²) in [7, 11) is 1.32. The Hall–Kier alpha value is -4.00. The number of rotatable bonds is 5. The van der Waals surface area contributed by atoms with Gasteiger partial charge in [-0.1, -0.05) is 29.8 Å². The van der Waals surface area contributed by atoms with E-state index in [1.165, 1.54) is 7.11 Å². The van der Waals surface area contributed by atoms with Crippen molar-refractivity contribution in [2.45, 2.75) is 13.5 Å². The maximum atomic E-state index is 12.7. The lowest BCUT2D eigenvalue weighted by molar-refractivity contribution is 0.0600. The molecule has 2 N–H and O–H groups in total. The van der Waals surface area contributed by atoms with Crippen LogP contribution in [-0.4, -0.2) is 29.9 Å². The van der Waals surface area contributed by atoms with E-state index in [0.29, 0.717) is 16.8 Å². The van der Waals surface area contributed by atoms with Crippen molar-refractivity contribution in [3.05, 3.63) is 95.3 Å². The molecule has 0 bridgehead atoms. The molecule has 1 aromatic heterocycles. The largest absolute Gasteiger partial charge is 0.465 e. The summed E-state index contributed by atoms with van der Waals surface area (Å²) in [6, 6.07) is 19.5. The van der Waals surface area contributed by atoms with Crippen molar-refractivity contribution in [3.63, 3.8) is 0 Å². The number of amides is 1. The number of aromatic nitrogens is 1. The maximum Gasteiger partial charge on any atom is 0.337 e. The van der Waals surface area contributed by atoms with Gasteiger partial charge in [0.1, 0.15) is 0 Å². The Kier molecular flexibility index (Phi) is 6.89. The van der Waals surface area contributed by atoms with Crippen LogP contribution in [0, 0.1) is 6.92 Å². The molecule has 0 aliphatic heterocycles. The molecule has 1 amide bonds. The van der Waals surface area contributed by atoms with Crippen LogP contribution < -0.4 is 10.6 Å². The standard InChI is InChI=1S/C23H22N4O3/c1-16-9-11-17(12-10-16)21(28)27-23(25-15-20-7-3-4-13-24-20)26-19-8-5-6-18(14-19)22(29)30-2/h3-14H,15H2,1-2H3,(H2,25,26,27,28). The van der Waals surface area contributed by atoms with Gasteiger partial charge in [0.25, 0.3) is 5.91 Å². The molecular weight excluding hydrogens is 380 g/mol. The summed E-state index contributed by atoms with van der Waals surface area (Å²) in [6.07, 6.45) is 1.68. The molecule has 30 heavy (non-hydrogen) atoms. The van der Waals surface area contributed by atoms with E-state index < -0.39 is 5.97 Å². The number of benzene rings is 2. The average Bonchev–Trinajstić information content (AvgIpc) is 2.78. The zero-order valence-corrected chi connectivity index (χ0v) is 16.8. The molecule has 1 heterocycles. The zero-order chi connectivity index (χ0) is 21.3. The maximum absolute atomic E-state index is 12.7. The van der Waals surface area contributed by atoms with E-state index in [9.17, 15) is 9.59 Å². The molecule has 2 aromatic carbocycles. The minimum atomic E-state index is -0.450. The number of aliphatic imine (C=N–C) groups is 1. The van der Waals surface area contributed by atoms with Gasteiger partial charge < -0.3 is 10.1 Å². The minimum Gasteiger partial charge on any atom is -0.465 e. The SMILES string of the molecule is COC(=O)c1cccc(NC(=NCc2ccccn2)NC(=O)c2ccc(C)cc2)c1. The van der Waals surface area contributed by atoms with Crippen molar-refractivity contribution in [1.82, 2.24) is 10.3 Å². The topological polar surface area (TPSA) is 92.7 Å². The van der Waals surface area contributed by atoms with E-state index in [1.807, 2.05) is 37.3 Å². The Labute approximate surface area is 174 Å². The summed E-state index contributed by atoms with van der Waals surface area (Å²) in [5, 5.41) is 5.85. The third kappa shape index (κ3) is 5.75. The number of nitrogens with one attached hydrogen (secondary N) is 2. The number of carbonyl (C=O) groups excluding carboxylic acids is 2. The van der Waals surface area contributed by atoms with Gasteiger partial charge in [0.05, 0.1) is 24.9 Å². The molecule has 7 heteroatoms. The van der Waals surface area contributed by atoms with Crippen LogP contribution in [-0.2, 0) is 11.3 Å². The van der Waals surface area contributed by atoms with Crippen molar-refractivity contribution in [3.8, 4) is 0 Å². The molecule has 0 unspecified atom stereocenters. The minimum absolute atomic E-state index is 0.244. The summed E-state index contributed by atoms with van der Waals surface area (Å²) in [5.74, 6) is -0.506. The summed E-state index contributed by atoms with van der Waals surface area (Å²) in [6.45, 7) is 2.23.